The van der Waals surface area contributed by atoms with Crippen LogP contribution in [-0.2, 0) is 20.7 Å². The lowest BCUT2D eigenvalue weighted by molar-refractivity contribution is -0.310. The van der Waals surface area contributed by atoms with Crippen molar-refractivity contribution < 1.29 is 24.2 Å². The number of nitrogens with zero attached hydrogens (tertiary/aromatic N) is 1. The Balaban J connectivity index is 1.83. The van der Waals surface area contributed by atoms with Gasteiger partial charge in [-0.1, -0.05) is 66.4 Å². The number of thiocarbonyl (C=S) groups is 1. The highest BCUT2D eigenvalue weighted by Gasteiger charge is 2.37. The van der Waals surface area contributed by atoms with E-state index in [2.05, 4.69) is 4.74 Å². The first kappa shape index (κ1) is 20.8. The van der Waals surface area contributed by atoms with Gasteiger partial charge in [-0.25, -0.2) is 4.79 Å². The lowest BCUT2D eigenvalue weighted by Crippen LogP contribution is -2.51. The maximum Gasteiger partial charge on any atom is 0.337 e. The molecular formula is C21H16NO5S2-. The van der Waals surface area contributed by atoms with E-state index in [1.165, 1.54) is 7.11 Å². The van der Waals surface area contributed by atoms with Gasteiger partial charge >= 0.3 is 5.97 Å². The molecule has 2 aromatic rings. The Morgan fingerprint density at radius 2 is 1.83 bits per heavy atom. The number of benzene rings is 2. The summed E-state index contributed by atoms with van der Waals surface area (Å²) in [6.07, 6.45) is 1.70. The third kappa shape index (κ3) is 4.72. The molecule has 2 aromatic carbocycles. The number of aliphatic carboxylic acids is 1. The molecule has 0 spiro atoms. The zero-order valence-electron chi connectivity index (χ0n) is 15.4. The Labute approximate surface area is 177 Å². The second-order valence-electron chi connectivity index (χ2n) is 6.19. The molecular weight excluding hydrogens is 410 g/mol. The van der Waals surface area contributed by atoms with E-state index in [1.807, 2.05) is 6.07 Å². The molecule has 0 aromatic heterocycles. The van der Waals surface area contributed by atoms with Gasteiger partial charge in [0, 0.05) is 0 Å². The summed E-state index contributed by atoms with van der Waals surface area (Å²) in [5.74, 6) is -2.31. The van der Waals surface area contributed by atoms with Gasteiger partial charge in [0.2, 0.25) is 0 Å². The molecule has 0 radical (unpaired) electrons. The molecule has 1 aliphatic heterocycles. The largest absolute Gasteiger partial charge is 0.548 e. The molecule has 8 heteroatoms. The molecule has 1 amide bonds. The number of methoxy groups -OCH3 is 1. The molecule has 29 heavy (non-hydrogen) atoms. The monoisotopic (exact) mass is 426 g/mol. The predicted molar refractivity (Wildman–Crippen MR) is 112 cm³/mol. The molecule has 0 saturated carbocycles. The zero-order valence-corrected chi connectivity index (χ0v) is 17.0. The average Bonchev–Trinajstić information content (AvgIpc) is 2.99. The first-order valence-corrected chi connectivity index (χ1v) is 9.83. The number of ether oxygens (including phenoxy) is 1. The smallest absolute Gasteiger partial charge is 0.337 e. The SMILES string of the molecule is COC(=O)c1ccc(/C=C2\SC(=S)N(C(Cc3ccccc3)C(=O)[O-])C2=O)cc1. The Hall–Kier alpha value is -2.97. The standard InChI is InChI=1S/C21H17NO5S2/c1-27-20(26)15-9-7-14(8-10-15)12-17-18(23)22(21(28)29-17)16(19(24)25)11-13-5-3-2-4-6-13/h2-10,12,16H,11H2,1H3,(H,24,25)/p-1/b17-12-. The molecule has 1 aliphatic rings. The van der Waals surface area contributed by atoms with E-state index in [0.717, 1.165) is 22.2 Å². The predicted octanol–water partition coefficient (Wildman–Crippen LogP) is 2.04. The Kier molecular flexibility index (Phi) is 6.46. The van der Waals surface area contributed by atoms with Crippen LogP contribution < -0.4 is 5.11 Å². The van der Waals surface area contributed by atoms with E-state index in [4.69, 9.17) is 12.2 Å². The van der Waals surface area contributed by atoms with Gasteiger partial charge in [0.15, 0.2) is 0 Å². The maximum absolute atomic E-state index is 12.9. The molecule has 1 unspecified atom stereocenters. The van der Waals surface area contributed by atoms with Crippen LogP contribution in [0.15, 0.2) is 59.5 Å². The molecule has 1 saturated heterocycles. The fraction of sp³-hybridized carbons (Fsp3) is 0.143. The molecule has 0 bridgehead atoms. The number of carbonyl (C=O) groups is 3. The van der Waals surface area contributed by atoms with Gasteiger partial charge in [-0.3, -0.25) is 9.69 Å². The number of carboxylic acid groups (broad SMARTS) is 1. The lowest BCUT2D eigenvalue weighted by Gasteiger charge is -2.27. The Morgan fingerprint density at radius 3 is 2.41 bits per heavy atom. The summed E-state index contributed by atoms with van der Waals surface area (Å²) in [6.45, 7) is 0. The summed E-state index contributed by atoms with van der Waals surface area (Å²) in [5.41, 5.74) is 1.82. The second-order valence-corrected chi connectivity index (χ2v) is 7.87. The van der Waals surface area contributed by atoms with Crippen molar-refractivity contribution in [1.82, 2.24) is 4.90 Å². The van der Waals surface area contributed by atoms with Gasteiger partial charge in [0.1, 0.15) is 4.32 Å². The van der Waals surface area contributed by atoms with Crippen molar-refractivity contribution in [3.63, 3.8) is 0 Å². The second kappa shape index (κ2) is 9.02. The van der Waals surface area contributed by atoms with Gasteiger partial charge in [-0.15, -0.1) is 0 Å². The third-order valence-corrected chi connectivity index (χ3v) is 5.64. The van der Waals surface area contributed by atoms with Crippen LogP contribution in [0, 0.1) is 0 Å². The average molecular weight is 426 g/mol. The number of rotatable bonds is 6. The topological polar surface area (TPSA) is 86.7 Å². The number of thioether (sulfide) groups is 1. The molecule has 148 valence electrons. The number of hydrogen-bond acceptors (Lipinski definition) is 7. The summed E-state index contributed by atoms with van der Waals surface area (Å²) in [7, 11) is 1.30. The maximum atomic E-state index is 12.9. The minimum absolute atomic E-state index is 0.0940. The number of carbonyl (C=O) groups excluding carboxylic acids is 3. The van der Waals surface area contributed by atoms with Crippen molar-refractivity contribution in [2.75, 3.05) is 7.11 Å². The van der Waals surface area contributed by atoms with E-state index >= 15 is 0 Å². The van der Waals surface area contributed by atoms with Gasteiger partial charge in [0.05, 0.1) is 29.6 Å². The number of carboxylic acids is 1. The number of amides is 1. The molecule has 6 nitrogen and oxygen atoms in total. The molecule has 1 heterocycles. The summed E-state index contributed by atoms with van der Waals surface area (Å²) >= 11 is 6.30. The van der Waals surface area contributed by atoms with Crippen LogP contribution in [0.2, 0.25) is 0 Å². The highest BCUT2D eigenvalue weighted by Crippen LogP contribution is 2.34. The van der Waals surface area contributed by atoms with Gasteiger partial charge in [-0.05, 0) is 35.8 Å². The van der Waals surface area contributed by atoms with Gasteiger partial charge in [-0.2, -0.15) is 0 Å². The highest BCUT2D eigenvalue weighted by atomic mass is 32.2. The lowest BCUT2D eigenvalue weighted by atomic mass is 10.0. The Morgan fingerprint density at radius 1 is 1.17 bits per heavy atom. The van der Waals surface area contributed by atoms with Crippen LogP contribution in [0.25, 0.3) is 6.08 Å². The van der Waals surface area contributed by atoms with Crippen molar-refractivity contribution in [3.05, 3.63) is 76.2 Å². The molecule has 3 rings (SSSR count). The zero-order chi connectivity index (χ0) is 21.0. The first-order chi connectivity index (χ1) is 13.9. The van der Waals surface area contributed by atoms with Crippen LogP contribution in [0.4, 0.5) is 0 Å². The van der Waals surface area contributed by atoms with Gasteiger partial charge < -0.3 is 14.6 Å². The van der Waals surface area contributed by atoms with Crippen molar-refractivity contribution >= 4 is 52.2 Å². The third-order valence-electron chi connectivity index (χ3n) is 4.31. The van der Waals surface area contributed by atoms with E-state index in [-0.39, 0.29) is 10.7 Å². The first-order valence-electron chi connectivity index (χ1n) is 8.61. The fourth-order valence-electron chi connectivity index (χ4n) is 2.85. The van der Waals surface area contributed by atoms with Gasteiger partial charge in [0.25, 0.3) is 5.91 Å². The quantitative estimate of drug-likeness (QED) is 0.397. The highest BCUT2D eigenvalue weighted by molar-refractivity contribution is 8.26. The summed E-state index contributed by atoms with van der Waals surface area (Å²) in [4.78, 5) is 37.5. The summed E-state index contributed by atoms with van der Waals surface area (Å²) in [6, 6.07) is 14.3. The van der Waals surface area contributed by atoms with E-state index in [0.29, 0.717) is 16.0 Å². The molecule has 0 N–H and O–H groups in total. The van der Waals surface area contributed by atoms with E-state index in [1.54, 1.807) is 54.6 Å². The fourth-order valence-corrected chi connectivity index (χ4v) is 4.21. The van der Waals surface area contributed by atoms with E-state index < -0.39 is 23.9 Å². The van der Waals surface area contributed by atoms with Crippen molar-refractivity contribution in [1.29, 1.82) is 0 Å². The minimum atomic E-state index is -1.37. The van der Waals surface area contributed by atoms with Crippen LogP contribution in [0.3, 0.4) is 0 Å². The molecule has 0 aliphatic carbocycles. The molecule has 1 fully saturated rings. The minimum Gasteiger partial charge on any atom is -0.548 e. The molecule has 1 atom stereocenters. The number of esters is 1. The van der Waals surface area contributed by atoms with Crippen molar-refractivity contribution in [3.8, 4) is 0 Å². The normalized spacial score (nSPS) is 16.2. The van der Waals surface area contributed by atoms with Crippen LogP contribution in [0.5, 0.6) is 0 Å². The van der Waals surface area contributed by atoms with Crippen molar-refractivity contribution in [2.45, 2.75) is 12.5 Å². The number of hydrogen-bond donors (Lipinski definition) is 0. The van der Waals surface area contributed by atoms with Crippen LogP contribution in [-0.4, -0.2) is 40.2 Å². The van der Waals surface area contributed by atoms with Crippen LogP contribution >= 0.6 is 24.0 Å². The van der Waals surface area contributed by atoms with Crippen LogP contribution in [0.1, 0.15) is 21.5 Å². The Bertz CT molecular complexity index is 986. The van der Waals surface area contributed by atoms with Crippen molar-refractivity contribution in [2.24, 2.45) is 0 Å². The summed E-state index contributed by atoms with van der Waals surface area (Å²) < 4.78 is 4.82. The van der Waals surface area contributed by atoms with E-state index in [9.17, 15) is 19.5 Å². The summed E-state index contributed by atoms with van der Waals surface area (Å²) in [5, 5.41) is 11.7.